The van der Waals surface area contributed by atoms with E-state index in [1.54, 1.807) is 18.2 Å². The van der Waals surface area contributed by atoms with Gasteiger partial charge in [-0.15, -0.1) is 0 Å². The number of ether oxygens (including phenoxy) is 2. The van der Waals surface area contributed by atoms with E-state index in [9.17, 15) is 13.2 Å². The highest BCUT2D eigenvalue weighted by atomic mass is 127. The molecule has 1 aromatic heterocycles. The molecular weight excluding hydrogens is 386 g/mol. The van der Waals surface area contributed by atoms with Crippen molar-refractivity contribution in [3.8, 4) is 5.75 Å². The van der Waals surface area contributed by atoms with E-state index in [-0.39, 0.29) is 17.9 Å². The van der Waals surface area contributed by atoms with Gasteiger partial charge >= 0.3 is 6.18 Å². The molecule has 2 aromatic rings. The molecule has 0 saturated carbocycles. The van der Waals surface area contributed by atoms with Crippen molar-refractivity contribution in [3.05, 3.63) is 33.5 Å². The average Bonchev–Trinajstić information content (AvgIpc) is 2.38. The lowest BCUT2D eigenvalue weighted by molar-refractivity contribution is -0.141. The average molecular weight is 397 g/mol. The number of methoxy groups -OCH3 is 1. The number of aromatic nitrogens is 1. The summed E-state index contributed by atoms with van der Waals surface area (Å²) >= 11 is 2.08. The SMILES string of the molecule is COCCOc1cc(C(F)(F)F)nc2ccc(I)cc12. The van der Waals surface area contributed by atoms with Gasteiger partial charge in [0, 0.05) is 22.1 Å². The minimum atomic E-state index is -4.50. The fraction of sp³-hybridized carbons (Fsp3) is 0.308. The summed E-state index contributed by atoms with van der Waals surface area (Å²) in [5.41, 5.74) is -0.703. The maximum absolute atomic E-state index is 12.8. The predicted octanol–water partition coefficient (Wildman–Crippen LogP) is 3.88. The lowest BCUT2D eigenvalue weighted by Crippen LogP contribution is -2.10. The van der Waals surface area contributed by atoms with Gasteiger partial charge in [0.25, 0.3) is 0 Å². The van der Waals surface area contributed by atoms with Gasteiger partial charge < -0.3 is 9.47 Å². The smallest absolute Gasteiger partial charge is 0.433 e. The number of halogens is 4. The molecule has 7 heteroatoms. The highest BCUT2D eigenvalue weighted by Gasteiger charge is 2.33. The van der Waals surface area contributed by atoms with Gasteiger partial charge in [-0.25, -0.2) is 4.98 Å². The first-order valence-corrected chi connectivity index (χ1v) is 6.79. The third kappa shape index (κ3) is 3.51. The zero-order valence-corrected chi connectivity index (χ0v) is 12.7. The Kier molecular flexibility index (Phi) is 4.69. The fourth-order valence-corrected chi connectivity index (χ4v) is 2.16. The summed E-state index contributed by atoms with van der Waals surface area (Å²) in [7, 11) is 1.50. The topological polar surface area (TPSA) is 31.4 Å². The Hall–Kier alpha value is -1.09. The molecule has 0 atom stereocenters. The first-order chi connectivity index (χ1) is 9.41. The van der Waals surface area contributed by atoms with Crippen LogP contribution in [0.1, 0.15) is 5.69 Å². The molecule has 108 valence electrons. The number of hydrogen-bond acceptors (Lipinski definition) is 3. The van der Waals surface area contributed by atoms with Crippen LogP contribution < -0.4 is 4.74 Å². The van der Waals surface area contributed by atoms with Gasteiger partial charge in [-0.05, 0) is 40.8 Å². The number of rotatable bonds is 4. The highest BCUT2D eigenvalue weighted by molar-refractivity contribution is 14.1. The van der Waals surface area contributed by atoms with Crippen LogP contribution in [-0.2, 0) is 10.9 Å². The minimum Gasteiger partial charge on any atom is -0.490 e. The van der Waals surface area contributed by atoms with Crippen LogP contribution in [0, 0.1) is 3.57 Å². The van der Waals surface area contributed by atoms with Gasteiger partial charge in [-0.3, -0.25) is 0 Å². The Labute approximate surface area is 127 Å². The van der Waals surface area contributed by atoms with Crippen LogP contribution in [0.25, 0.3) is 10.9 Å². The molecule has 0 fully saturated rings. The molecule has 0 aliphatic carbocycles. The van der Waals surface area contributed by atoms with Crippen LogP contribution in [0.4, 0.5) is 13.2 Å². The van der Waals surface area contributed by atoms with Gasteiger partial charge in [0.05, 0.1) is 12.1 Å². The first kappa shape index (κ1) is 15.3. The molecule has 3 nitrogen and oxygen atoms in total. The third-order valence-electron chi connectivity index (χ3n) is 2.57. The maximum Gasteiger partial charge on any atom is 0.433 e. The molecular formula is C13H11F3INO2. The molecule has 0 saturated heterocycles. The van der Waals surface area contributed by atoms with Crippen molar-refractivity contribution in [2.45, 2.75) is 6.18 Å². The Morgan fingerprint density at radius 2 is 1.95 bits per heavy atom. The molecule has 0 amide bonds. The van der Waals surface area contributed by atoms with E-state index in [1.807, 2.05) is 0 Å². The third-order valence-corrected chi connectivity index (χ3v) is 3.24. The van der Waals surface area contributed by atoms with Crippen molar-refractivity contribution < 1.29 is 22.6 Å². The standard InChI is InChI=1S/C13H11F3INO2/c1-19-4-5-20-11-7-12(13(14,15)16)18-10-3-2-8(17)6-9(10)11/h2-3,6-7H,4-5H2,1H3. The molecule has 1 aromatic carbocycles. The van der Waals surface area contributed by atoms with Gasteiger partial charge in [0.2, 0.25) is 0 Å². The zero-order chi connectivity index (χ0) is 14.8. The van der Waals surface area contributed by atoms with Crippen LogP contribution >= 0.6 is 22.6 Å². The van der Waals surface area contributed by atoms with Crippen LogP contribution in [0.15, 0.2) is 24.3 Å². The van der Waals surface area contributed by atoms with Gasteiger partial charge in [0.15, 0.2) is 0 Å². The van der Waals surface area contributed by atoms with E-state index in [0.29, 0.717) is 12.0 Å². The summed E-state index contributed by atoms with van der Waals surface area (Å²) in [6.07, 6.45) is -4.50. The lowest BCUT2D eigenvalue weighted by atomic mass is 10.2. The van der Waals surface area contributed by atoms with Gasteiger partial charge in [-0.2, -0.15) is 13.2 Å². The van der Waals surface area contributed by atoms with Crippen molar-refractivity contribution in [2.24, 2.45) is 0 Å². The molecule has 0 aliphatic heterocycles. The van der Waals surface area contributed by atoms with E-state index in [4.69, 9.17) is 9.47 Å². The second-order valence-corrected chi connectivity index (χ2v) is 5.25. The number of alkyl halides is 3. The number of pyridine rings is 1. The quantitative estimate of drug-likeness (QED) is 0.580. The molecule has 20 heavy (non-hydrogen) atoms. The number of nitrogens with zero attached hydrogens (tertiary/aromatic N) is 1. The van der Waals surface area contributed by atoms with Crippen molar-refractivity contribution in [1.29, 1.82) is 0 Å². The van der Waals surface area contributed by atoms with Gasteiger partial charge in [0.1, 0.15) is 18.1 Å². The van der Waals surface area contributed by atoms with E-state index in [1.165, 1.54) is 7.11 Å². The summed E-state index contributed by atoms with van der Waals surface area (Å²) in [5.74, 6) is 0.165. The summed E-state index contributed by atoms with van der Waals surface area (Å²) < 4.78 is 49.6. The van der Waals surface area contributed by atoms with E-state index in [2.05, 4.69) is 27.6 Å². The normalized spacial score (nSPS) is 11.8. The zero-order valence-electron chi connectivity index (χ0n) is 10.5. The largest absolute Gasteiger partial charge is 0.490 e. The summed E-state index contributed by atoms with van der Waals surface area (Å²) in [6.45, 7) is 0.480. The molecule has 0 radical (unpaired) electrons. The van der Waals surface area contributed by atoms with E-state index < -0.39 is 11.9 Å². The second kappa shape index (κ2) is 6.13. The molecule has 1 heterocycles. The summed E-state index contributed by atoms with van der Waals surface area (Å²) in [6, 6.07) is 5.92. The molecule has 0 spiro atoms. The Morgan fingerprint density at radius 1 is 1.20 bits per heavy atom. The predicted molar refractivity (Wildman–Crippen MR) is 76.8 cm³/mol. The van der Waals surface area contributed by atoms with Crippen LogP contribution in [0.5, 0.6) is 5.75 Å². The highest BCUT2D eigenvalue weighted by Crippen LogP contribution is 2.34. The van der Waals surface area contributed by atoms with Crippen LogP contribution in [0.2, 0.25) is 0 Å². The molecule has 0 aliphatic rings. The molecule has 2 rings (SSSR count). The van der Waals surface area contributed by atoms with Crippen molar-refractivity contribution in [1.82, 2.24) is 4.98 Å². The maximum atomic E-state index is 12.8. The number of hydrogen-bond donors (Lipinski definition) is 0. The summed E-state index contributed by atoms with van der Waals surface area (Å²) in [5, 5.41) is 0.556. The number of fused-ring (bicyclic) bond motifs is 1. The summed E-state index contributed by atoms with van der Waals surface area (Å²) in [4.78, 5) is 3.64. The van der Waals surface area contributed by atoms with Crippen LogP contribution in [-0.4, -0.2) is 25.3 Å². The van der Waals surface area contributed by atoms with Gasteiger partial charge in [-0.1, -0.05) is 0 Å². The van der Waals surface area contributed by atoms with Crippen molar-refractivity contribution >= 4 is 33.5 Å². The Bertz CT molecular complexity index is 616. The van der Waals surface area contributed by atoms with Crippen LogP contribution in [0.3, 0.4) is 0 Å². The second-order valence-electron chi connectivity index (χ2n) is 4.01. The van der Waals surface area contributed by atoms with E-state index >= 15 is 0 Å². The van der Waals surface area contributed by atoms with Crippen molar-refractivity contribution in [2.75, 3.05) is 20.3 Å². The van der Waals surface area contributed by atoms with Crippen molar-refractivity contribution in [3.63, 3.8) is 0 Å². The fourth-order valence-electron chi connectivity index (χ4n) is 1.67. The first-order valence-electron chi connectivity index (χ1n) is 5.71. The Morgan fingerprint density at radius 3 is 2.60 bits per heavy atom. The molecule has 0 bridgehead atoms. The Balaban J connectivity index is 2.51. The minimum absolute atomic E-state index is 0.165. The lowest BCUT2D eigenvalue weighted by Gasteiger charge is -2.13. The number of benzene rings is 1. The van der Waals surface area contributed by atoms with E-state index in [0.717, 1.165) is 9.64 Å². The molecule has 0 unspecified atom stereocenters. The monoisotopic (exact) mass is 397 g/mol. The molecule has 0 N–H and O–H groups in total.